The first-order valence-electron chi connectivity index (χ1n) is 8.82. The zero-order valence-electron chi connectivity index (χ0n) is 15.6. The van der Waals surface area contributed by atoms with Crippen LogP contribution < -0.4 is 5.32 Å². The molecular formula is C22H19BrN2O2S. The van der Waals surface area contributed by atoms with Crippen LogP contribution in [0.25, 0.3) is 0 Å². The molecule has 1 heterocycles. The molecule has 28 heavy (non-hydrogen) atoms. The average Bonchev–Trinajstić information content (AvgIpc) is 2.66. The lowest BCUT2D eigenvalue weighted by molar-refractivity contribution is -0.120. The van der Waals surface area contributed by atoms with Crippen molar-refractivity contribution in [1.29, 1.82) is 5.26 Å². The third-order valence-electron chi connectivity index (χ3n) is 4.66. The van der Waals surface area contributed by atoms with Gasteiger partial charge in [0.25, 0.3) is 0 Å². The first-order chi connectivity index (χ1) is 13.4. The molecule has 3 rings (SSSR count). The van der Waals surface area contributed by atoms with Crippen molar-refractivity contribution in [3.05, 3.63) is 79.8 Å². The van der Waals surface area contributed by atoms with Crippen LogP contribution in [0.1, 0.15) is 39.4 Å². The molecule has 0 saturated carbocycles. The predicted molar refractivity (Wildman–Crippen MR) is 115 cm³/mol. The minimum atomic E-state index is -0.300. The summed E-state index contributed by atoms with van der Waals surface area (Å²) in [7, 11) is 0. The summed E-state index contributed by atoms with van der Waals surface area (Å²) in [6.07, 6.45) is 0.222. The molecule has 1 atom stereocenters. The van der Waals surface area contributed by atoms with Crippen molar-refractivity contribution in [3.8, 4) is 6.07 Å². The highest BCUT2D eigenvalue weighted by Crippen LogP contribution is 2.36. The van der Waals surface area contributed by atoms with Crippen LogP contribution in [0.4, 0.5) is 0 Å². The molecule has 142 valence electrons. The van der Waals surface area contributed by atoms with Crippen LogP contribution in [-0.2, 0) is 4.79 Å². The van der Waals surface area contributed by atoms with Crippen LogP contribution in [0.2, 0.25) is 0 Å². The van der Waals surface area contributed by atoms with Crippen LogP contribution in [0.5, 0.6) is 0 Å². The van der Waals surface area contributed by atoms with Gasteiger partial charge < -0.3 is 5.32 Å². The number of amides is 1. The van der Waals surface area contributed by atoms with Crippen molar-refractivity contribution in [3.63, 3.8) is 0 Å². The molecule has 0 fully saturated rings. The fourth-order valence-electron chi connectivity index (χ4n) is 3.25. The maximum absolute atomic E-state index is 12.6. The van der Waals surface area contributed by atoms with E-state index >= 15 is 0 Å². The fraction of sp³-hybridized carbons (Fsp3) is 0.227. The van der Waals surface area contributed by atoms with E-state index in [1.54, 1.807) is 0 Å². The van der Waals surface area contributed by atoms with Gasteiger partial charge >= 0.3 is 0 Å². The Kier molecular flexibility index (Phi) is 6.38. The van der Waals surface area contributed by atoms with Crippen LogP contribution in [0.3, 0.4) is 0 Å². The highest BCUT2D eigenvalue weighted by Gasteiger charge is 2.30. The molecule has 0 saturated heterocycles. The highest BCUT2D eigenvalue weighted by atomic mass is 79.9. The standard InChI is InChI=1S/C22H19BrN2O2S/c1-13-3-8-17(14(2)9-13)20(26)12-28-22-19(11-24)18(10-21(27)25-22)15-4-6-16(23)7-5-15/h3-9,18H,10,12H2,1-2H3,(H,25,27)/t18-/m1/s1. The number of benzene rings is 2. The van der Waals surface area contributed by atoms with Crippen molar-refractivity contribution in [1.82, 2.24) is 5.32 Å². The van der Waals surface area contributed by atoms with Crippen molar-refractivity contribution < 1.29 is 9.59 Å². The van der Waals surface area contributed by atoms with Crippen LogP contribution in [0.15, 0.2) is 57.5 Å². The maximum atomic E-state index is 12.6. The molecule has 6 heteroatoms. The average molecular weight is 455 g/mol. The molecule has 4 nitrogen and oxygen atoms in total. The van der Waals surface area contributed by atoms with Gasteiger partial charge in [-0.2, -0.15) is 5.26 Å². The summed E-state index contributed by atoms with van der Waals surface area (Å²) in [6, 6.07) is 15.6. The van der Waals surface area contributed by atoms with E-state index in [-0.39, 0.29) is 29.8 Å². The summed E-state index contributed by atoms with van der Waals surface area (Å²) in [4.78, 5) is 24.9. The minimum Gasteiger partial charge on any atom is -0.320 e. The molecule has 0 bridgehead atoms. The number of thioether (sulfide) groups is 1. The number of nitrogens with zero attached hydrogens (tertiary/aromatic N) is 1. The Morgan fingerprint density at radius 3 is 2.61 bits per heavy atom. The number of aryl methyl sites for hydroxylation is 2. The van der Waals surface area contributed by atoms with Gasteiger partial charge in [-0.05, 0) is 37.1 Å². The zero-order chi connectivity index (χ0) is 20.3. The van der Waals surface area contributed by atoms with E-state index in [9.17, 15) is 14.9 Å². The number of nitriles is 1. The summed E-state index contributed by atoms with van der Waals surface area (Å²) < 4.78 is 0.938. The molecule has 0 unspecified atom stereocenters. The Morgan fingerprint density at radius 2 is 1.96 bits per heavy atom. The lowest BCUT2D eigenvalue weighted by Crippen LogP contribution is -2.31. The SMILES string of the molecule is Cc1ccc(C(=O)CSC2=C(C#N)[C@@H](c3ccc(Br)cc3)CC(=O)N2)c(C)c1. The Balaban J connectivity index is 1.84. The van der Waals surface area contributed by atoms with E-state index in [2.05, 4.69) is 27.3 Å². The summed E-state index contributed by atoms with van der Waals surface area (Å²) in [5.41, 5.74) is 4.12. The van der Waals surface area contributed by atoms with Gasteiger partial charge in [-0.15, -0.1) is 0 Å². The lowest BCUT2D eigenvalue weighted by Gasteiger charge is -2.25. The molecule has 0 aliphatic carbocycles. The first kappa shape index (κ1) is 20.4. The van der Waals surface area contributed by atoms with E-state index in [1.165, 1.54) is 11.8 Å². The second-order valence-electron chi connectivity index (χ2n) is 6.74. The number of allylic oxidation sites excluding steroid dienone is 1. The second-order valence-corrected chi connectivity index (χ2v) is 8.64. The third kappa shape index (κ3) is 4.54. The topological polar surface area (TPSA) is 70.0 Å². The number of Topliss-reactive ketones (excluding diaryl/α,β-unsaturated/α-hetero) is 1. The predicted octanol–water partition coefficient (Wildman–Crippen LogP) is 5.02. The highest BCUT2D eigenvalue weighted by molar-refractivity contribution is 9.10. The number of halogens is 1. The normalized spacial score (nSPS) is 16.5. The van der Waals surface area contributed by atoms with Crippen molar-refractivity contribution in [2.75, 3.05) is 5.75 Å². The first-order valence-corrected chi connectivity index (χ1v) is 10.6. The number of hydrogen-bond donors (Lipinski definition) is 1. The molecule has 1 N–H and O–H groups in total. The minimum absolute atomic E-state index is 0.0210. The fourth-order valence-corrected chi connectivity index (χ4v) is 4.48. The number of ketones is 1. The van der Waals surface area contributed by atoms with E-state index in [4.69, 9.17) is 0 Å². The van der Waals surface area contributed by atoms with Gasteiger partial charge in [0.2, 0.25) is 5.91 Å². The van der Waals surface area contributed by atoms with Gasteiger partial charge in [0.15, 0.2) is 5.78 Å². The van der Waals surface area contributed by atoms with Gasteiger partial charge in [0.05, 0.1) is 22.4 Å². The molecule has 0 aromatic heterocycles. The second kappa shape index (κ2) is 8.76. The molecule has 2 aromatic rings. The van der Waals surface area contributed by atoms with Crippen molar-refractivity contribution >= 4 is 39.4 Å². The molecular weight excluding hydrogens is 436 g/mol. The number of hydrogen-bond acceptors (Lipinski definition) is 4. The Labute approximate surface area is 177 Å². The lowest BCUT2D eigenvalue weighted by atomic mass is 9.87. The molecule has 0 spiro atoms. The summed E-state index contributed by atoms with van der Waals surface area (Å²) in [6.45, 7) is 3.90. The summed E-state index contributed by atoms with van der Waals surface area (Å²) in [5, 5.41) is 13.0. The van der Waals surface area contributed by atoms with E-state index in [1.807, 2.05) is 56.3 Å². The zero-order valence-corrected chi connectivity index (χ0v) is 18.0. The molecule has 2 aromatic carbocycles. The smallest absolute Gasteiger partial charge is 0.225 e. The maximum Gasteiger partial charge on any atom is 0.225 e. The van der Waals surface area contributed by atoms with Gasteiger partial charge in [0.1, 0.15) is 0 Å². The van der Waals surface area contributed by atoms with Crippen LogP contribution >= 0.6 is 27.7 Å². The van der Waals surface area contributed by atoms with Crippen molar-refractivity contribution in [2.45, 2.75) is 26.2 Å². The Morgan fingerprint density at radius 1 is 1.25 bits per heavy atom. The summed E-state index contributed by atoms with van der Waals surface area (Å²) >= 11 is 4.62. The van der Waals surface area contributed by atoms with E-state index in [0.717, 1.165) is 21.2 Å². The van der Waals surface area contributed by atoms with Crippen LogP contribution in [0, 0.1) is 25.2 Å². The molecule has 1 amide bonds. The molecule has 0 radical (unpaired) electrons. The third-order valence-corrected chi connectivity index (χ3v) is 6.20. The van der Waals surface area contributed by atoms with Crippen LogP contribution in [-0.4, -0.2) is 17.4 Å². The van der Waals surface area contributed by atoms with Gasteiger partial charge in [-0.3, -0.25) is 9.59 Å². The number of nitrogens with one attached hydrogen (secondary N) is 1. The Bertz CT molecular complexity index is 1010. The number of carbonyl (C=O) groups excluding carboxylic acids is 2. The quantitative estimate of drug-likeness (QED) is 0.643. The van der Waals surface area contributed by atoms with Gasteiger partial charge in [-0.25, -0.2) is 0 Å². The van der Waals surface area contributed by atoms with Crippen molar-refractivity contribution in [2.24, 2.45) is 0 Å². The van der Waals surface area contributed by atoms with E-state index < -0.39 is 0 Å². The molecule has 1 aliphatic heterocycles. The summed E-state index contributed by atoms with van der Waals surface area (Å²) in [5.74, 6) is -0.302. The monoisotopic (exact) mass is 454 g/mol. The Hall–Kier alpha value is -2.36. The number of rotatable bonds is 5. The van der Waals surface area contributed by atoms with Gasteiger partial charge in [-0.1, -0.05) is 63.6 Å². The largest absolute Gasteiger partial charge is 0.320 e. The van der Waals surface area contributed by atoms with Gasteiger partial charge in [0, 0.05) is 22.4 Å². The van der Waals surface area contributed by atoms with E-state index in [0.29, 0.717) is 16.2 Å². The molecule has 1 aliphatic rings. The number of carbonyl (C=O) groups is 2.